The molecule has 2 N–H and O–H groups in total. The predicted molar refractivity (Wildman–Crippen MR) is 130 cm³/mol. The fourth-order valence-corrected chi connectivity index (χ4v) is 3.86. The lowest BCUT2D eigenvalue weighted by atomic mass is 10.0. The lowest BCUT2D eigenvalue weighted by Crippen LogP contribution is -2.29. The lowest BCUT2D eigenvalue weighted by Gasteiger charge is -2.14. The van der Waals surface area contributed by atoms with Gasteiger partial charge in [0.1, 0.15) is 23.9 Å². The third-order valence-electron chi connectivity index (χ3n) is 5.60. The number of carboxylic acid groups (broad SMARTS) is 1. The van der Waals surface area contributed by atoms with E-state index in [1.807, 2.05) is 0 Å². The van der Waals surface area contributed by atoms with Crippen molar-refractivity contribution in [3.63, 3.8) is 0 Å². The smallest absolute Gasteiger partial charge is 0.322 e. The molecular formula is C26H30FN3O5. The van der Waals surface area contributed by atoms with Gasteiger partial charge in [-0.05, 0) is 42.5 Å². The Labute approximate surface area is 203 Å². The summed E-state index contributed by atoms with van der Waals surface area (Å²) in [5.41, 5.74) is 1.46. The van der Waals surface area contributed by atoms with Gasteiger partial charge in [0.15, 0.2) is 5.69 Å². The average Bonchev–Trinajstić information content (AvgIpc) is 3.33. The topological polar surface area (TPSA) is 103 Å². The Hall–Kier alpha value is -3.88. The van der Waals surface area contributed by atoms with E-state index in [9.17, 15) is 14.0 Å². The highest BCUT2D eigenvalue weighted by atomic mass is 19.1. The second kappa shape index (κ2) is 12.5. The first-order valence-corrected chi connectivity index (χ1v) is 11.5. The molecule has 1 amide bonds. The van der Waals surface area contributed by atoms with Gasteiger partial charge in [0.25, 0.3) is 5.91 Å². The molecule has 0 radical (unpaired) electrons. The van der Waals surface area contributed by atoms with Gasteiger partial charge in [-0.1, -0.05) is 44.6 Å². The molecule has 0 saturated heterocycles. The number of rotatable bonds is 7. The van der Waals surface area contributed by atoms with Gasteiger partial charge < -0.3 is 19.9 Å². The maximum absolute atomic E-state index is 13.4. The molecule has 1 aliphatic rings. The van der Waals surface area contributed by atoms with E-state index in [0.29, 0.717) is 28.4 Å². The monoisotopic (exact) mass is 483 g/mol. The molecule has 8 nitrogen and oxygen atoms in total. The van der Waals surface area contributed by atoms with Crippen LogP contribution in [0.4, 0.5) is 4.39 Å². The van der Waals surface area contributed by atoms with Crippen molar-refractivity contribution in [1.29, 1.82) is 0 Å². The van der Waals surface area contributed by atoms with Gasteiger partial charge in [-0.15, -0.1) is 0 Å². The molecule has 0 bridgehead atoms. The van der Waals surface area contributed by atoms with Crippen molar-refractivity contribution in [3.8, 4) is 28.4 Å². The number of aliphatic carboxylic acids is 1. The number of hydrogen-bond acceptors (Lipinski definition) is 5. The van der Waals surface area contributed by atoms with Crippen LogP contribution in [-0.2, 0) is 4.79 Å². The zero-order valence-corrected chi connectivity index (χ0v) is 19.9. The molecule has 0 atom stereocenters. The number of nitrogens with zero attached hydrogens (tertiary/aromatic N) is 2. The van der Waals surface area contributed by atoms with Crippen LogP contribution in [-0.4, -0.2) is 47.5 Å². The molecule has 1 heterocycles. The number of benzene rings is 2. The Morgan fingerprint density at radius 1 is 0.971 bits per heavy atom. The Morgan fingerprint density at radius 3 is 2.00 bits per heavy atom. The number of methoxy groups -OCH3 is 2. The highest BCUT2D eigenvalue weighted by Gasteiger charge is 2.22. The molecule has 2 aromatic carbocycles. The predicted octanol–water partition coefficient (Wildman–Crippen LogP) is 4.85. The van der Waals surface area contributed by atoms with Crippen LogP contribution in [0.15, 0.2) is 48.5 Å². The molecule has 1 aliphatic carbocycles. The largest absolute Gasteiger partial charge is 0.496 e. The third-order valence-corrected chi connectivity index (χ3v) is 5.60. The van der Waals surface area contributed by atoms with Crippen LogP contribution in [0.2, 0.25) is 0 Å². The molecule has 0 aliphatic heterocycles. The van der Waals surface area contributed by atoms with Crippen LogP contribution in [0, 0.1) is 5.82 Å². The summed E-state index contributed by atoms with van der Waals surface area (Å²) in [5.74, 6) is -1.31. The van der Waals surface area contributed by atoms with Crippen LogP contribution < -0.4 is 14.8 Å². The van der Waals surface area contributed by atoms with Crippen LogP contribution in [0.5, 0.6) is 11.5 Å². The van der Waals surface area contributed by atoms with E-state index in [1.165, 1.54) is 87.8 Å². The van der Waals surface area contributed by atoms with Crippen LogP contribution >= 0.6 is 0 Å². The Bertz CT molecular complexity index is 1110. The Morgan fingerprint density at radius 2 is 1.51 bits per heavy atom. The number of carbonyl (C=O) groups is 2. The van der Waals surface area contributed by atoms with Gasteiger partial charge in [-0.25, -0.2) is 9.07 Å². The van der Waals surface area contributed by atoms with Crippen molar-refractivity contribution in [2.45, 2.75) is 38.5 Å². The van der Waals surface area contributed by atoms with Crippen molar-refractivity contribution in [2.24, 2.45) is 0 Å². The number of hydrogen-bond donors (Lipinski definition) is 2. The molecule has 1 fully saturated rings. The molecule has 0 spiro atoms. The fourth-order valence-electron chi connectivity index (χ4n) is 3.86. The first kappa shape index (κ1) is 25.7. The van der Waals surface area contributed by atoms with Crippen LogP contribution in [0.3, 0.4) is 0 Å². The van der Waals surface area contributed by atoms with Gasteiger partial charge in [0.05, 0.1) is 31.2 Å². The summed E-state index contributed by atoms with van der Waals surface area (Å²) in [6.07, 6.45) is 9.00. The zero-order chi connectivity index (χ0) is 25.2. The maximum atomic E-state index is 13.4. The number of ether oxygens (including phenoxy) is 2. The summed E-state index contributed by atoms with van der Waals surface area (Å²) in [6.45, 7) is -0.546. The molecule has 186 valence electrons. The number of amides is 1. The Balaban J connectivity index is 0.000000497. The van der Waals surface area contributed by atoms with E-state index in [1.54, 1.807) is 18.2 Å². The lowest BCUT2D eigenvalue weighted by molar-refractivity contribution is -0.135. The van der Waals surface area contributed by atoms with Crippen molar-refractivity contribution in [1.82, 2.24) is 15.1 Å². The number of carbonyl (C=O) groups excluding carboxylic acids is 1. The second-order valence-electron chi connectivity index (χ2n) is 8.04. The minimum Gasteiger partial charge on any atom is -0.496 e. The first-order valence-electron chi connectivity index (χ1n) is 11.5. The van der Waals surface area contributed by atoms with E-state index in [4.69, 9.17) is 14.6 Å². The van der Waals surface area contributed by atoms with Gasteiger partial charge >= 0.3 is 5.97 Å². The molecule has 0 unspecified atom stereocenters. The number of carboxylic acids is 1. The van der Waals surface area contributed by atoms with E-state index >= 15 is 0 Å². The normalized spacial score (nSPS) is 12.8. The first-order chi connectivity index (χ1) is 16.9. The number of nitrogens with one attached hydrogen (secondary N) is 1. The summed E-state index contributed by atoms with van der Waals surface area (Å²) in [4.78, 5) is 23.1. The molecule has 3 aromatic rings. The minimum absolute atomic E-state index is 0.0152. The van der Waals surface area contributed by atoms with Crippen LogP contribution in [0.1, 0.15) is 49.0 Å². The minimum atomic E-state index is -1.18. The Kier molecular flexibility index (Phi) is 9.23. The summed E-state index contributed by atoms with van der Waals surface area (Å²) >= 11 is 0. The van der Waals surface area contributed by atoms with Gasteiger partial charge in [-0.3, -0.25) is 9.59 Å². The van der Waals surface area contributed by atoms with Crippen molar-refractivity contribution < 1.29 is 28.6 Å². The highest BCUT2D eigenvalue weighted by molar-refractivity contribution is 5.95. The molecule has 1 saturated carbocycles. The van der Waals surface area contributed by atoms with E-state index in [0.717, 1.165) is 0 Å². The fraction of sp³-hybridized carbons (Fsp3) is 0.346. The SMILES string of the molecule is C1CCCCC1.COc1cccc(OC)c1-c1cc(C(=O)NCC(=O)O)nn1-c1ccc(F)cc1. The van der Waals surface area contributed by atoms with E-state index in [-0.39, 0.29) is 5.69 Å². The molecule has 4 rings (SSSR count). The number of halogens is 1. The zero-order valence-electron chi connectivity index (χ0n) is 19.9. The average molecular weight is 484 g/mol. The quantitative estimate of drug-likeness (QED) is 0.498. The van der Waals surface area contributed by atoms with Crippen molar-refractivity contribution >= 4 is 11.9 Å². The van der Waals surface area contributed by atoms with Gasteiger partial charge in [-0.2, -0.15) is 5.10 Å². The van der Waals surface area contributed by atoms with Crippen LogP contribution in [0.25, 0.3) is 16.9 Å². The van der Waals surface area contributed by atoms with E-state index < -0.39 is 24.2 Å². The summed E-state index contributed by atoms with van der Waals surface area (Å²) < 4.78 is 25.7. The molecule has 1 aromatic heterocycles. The van der Waals surface area contributed by atoms with E-state index in [2.05, 4.69) is 10.4 Å². The maximum Gasteiger partial charge on any atom is 0.322 e. The molecule has 9 heteroatoms. The van der Waals surface area contributed by atoms with Gasteiger partial charge in [0.2, 0.25) is 0 Å². The summed E-state index contributed by atoms with van der Waals surface area (Å²) in [5, 5.41) is 15.3. The summed E-state index contributed by atoms with van der Waals surface area (Å²) in [7, 11) is 2.99. The molecule has 35 heavy (non-hydrogen) atoms. The second-order valence-corrected chi connectivity index (χ2v) is 8.04. The van der Waals surface area contributed by atoms with Crippen molar-refractivity contribution in [3.05, 3.63) is 60.0 Å². The summed E-state index contributed by atoms with van der Waals surface area (Å²) in [6, 6.07) is 12.2. The highest BCUT2D eigenvalue weighted by Crippen LogP contribution is 2.39. The van der Waals surface area contributed by atoms with Crippen molar-refractivity contribution in [2.75, 3.05) is 20.8 Å². The third kappa shape index (κ3) is 6.81. The standard InChI is InChI=1S/C20H18FN3O5.C6H12/c1-28-16-4-3-5-17(29-2)19(16)15-10-14(20(27)22-11-18(25)26)23-24(15)13-8-6-12(21)7-9-13;1-2-4-6-5-3-1/h3-10H,11H2,1-2H3,(H,22,27)(H,25,26);1-6H2. The molecular weight excluding hydrogens is 453 g/mol. The number of aromatic nitrogens is 2. The van der Waals surface area contributed by atoms with Gasteiger partial charge in [0, 0.05) is 0 Å².